The number of allylic oxidation sites excluding steroid dienone is 6. The van der Waals surface area contributed by atoms with Gasteiger partial charge in [-0.05, 0) is 103 Å². The zero-order valence-electron chi connectivity index (χ0n) is 44.7. The zero-order chi connectivity index (χ0) is 60.0. The molecule has 0 unspecified atom stereocenters. The minimum Gasteiger partial charge on any atom is -0.495 e. The number of nitrogens with zero attached hydrogens (tertiary/aromatic N) is 12. The van der Waals surface area contributed by atoms with Gasteiger partial charge in [0.25, 0.3) is 5.70 Å². The predicted octanol–water partition coefficient (Wildman–Crippen LogP) is 17.7. The molecule has 6 aromatic heterocycles. The van der Waals surface area contributed by atoms with E-state index in [1.165, 1.54) is 46.9 Å². The molecule has 0 spiro atoms. The molecule has 0 amide bonds. The highest BCUT2D eigenvalue weighted by Gasteiger charge is 2.43. The Balaban J connectivity index is 0.826. The lowest BCUT2D eigenvalue weighted by Gasteiger charge is -2.31. The Hall–Kier alpha value is -10.4. The largest absolute Gasteiger partial charge is 0.495 e. The number of carbonyl (C=O) groups is 2. The SMILES string of the molecule is [C-]#[N+]/C(C#N)=C1/C(=C/c2cc(OC)c(-c3cc4c(s3)-c3sc(-c5c6c(c(-c7cc8c(s7)-c7sc(/C=C9\C(=O)c%10cc([N+]#[C-])c(C#N)cc%10C9=C(C#N)C#N)cc7OC8(C)C)c7nsnc57)N=S=N6)cc3C4(C)C)s2)C(=O)c2cc(C#N)c([N+]#[C-])cc21. The van der Waals surface area contributed by atoms with E-state index < -0.39 is 22.6 Å². The van der Waals surface area contributed by atoms with Crippen molar-refractivity contribution in [3.05, 3.63) is 171 Å². The first kappa shape index (κ1) is 53.6. The van der Waals surface area contributed by atoms with E-state index in [2.05, 4.69) is 46.6 Å². The van der Waals surface area contributed by atoms with Gasteiger partial charge >= 0.3 is 0 Å². The maximum absolute atomic E-state index is 14.1. The molecule has 2 aliphatic heterocycles. The van der Waals surface area contributed by atoms with E-state index >= 15 is 0 Å². The number of thiophene rings is 5. The first-order valence-corrected chi connectivity index (χ1v) is 30.9. The number of nitriles is 5. The number of ketones is 2. The van der Waals surface area contributed by atoms with Crippen molar-refractivity contribution in [3.63, 3.8) is 0 Å². The number of Topliss-reactive ketones (excluding diaryl/α,β-unsaturated/α-hetero) is 2. The number of benzene rings is 3. The van der Waals surface area contributed by atoms with Crippen LogP contribution in [-0.2, 0) is 22.4 Å². The van der Waals surface area contributed by atoms with Crippen LogP contribution in [-0.4, -0.2) is 27.4 Å². The van der Waals surface area contributed by atoms with E-state index in [0.29, 0.717) is 43.7 Å². The van der Waals surface area contributed by atoms with Crippen LogP contribution in [0.2, 0.25) is 0 Å². The average Bonchev–Trinajstić information content (AvgIpc) is 1.59. The first-order chi connectivity index (χ1) is 41.5. The predicted molar refractivity (Wildman–Crippen MR) is 335 cm³/mol. The molecule has 3 aromatic carbocycles. The maximum Gasteiger partial charge on any atom is 0.270 e. The van der Waals surface area contributed by atoms with Gasteiger partial charge in [0, 0.05) is 89.7 Å². The smallest absolute Gasteiger partial charge is 0.270 e. The van der Waals surface area contributed by atoms with E-state index in [1.54, 1.807) is 53.3 Å². The molecule has 3 aliphatic carbocycles. The Morgan fingerprint density at radius 2 is 1.12 bits per heavy atom. The minimum absolute atomic E-state index is 0.00190. The number of hydrogen-bond acceptors (Lipinski definition) is 19. The maximum atomic E-state index is 14.1. The van der Waals surface area contributed by atoms with Crippen LogP contribution in [0.15, 0.2) is 85.7 Å². The van der Waals surface area contributed by atoms with Crippen molar-refractivity contribution in [1.82, 2.24) is 8.75 Å². The van der Waals surface area contributed by atoms with Gasteiger partial charge < -0.3 is 9.47 Å². The highest BCUT2D eigenvalue weighted by Crippen LogP contribution is 2.63. The summed E-state index contributed by atoms with van der Waals surface area (Å²) in [6.07, 6.45) is 3.28. The summed E-state index contributed by atoms with van der Waals surface area (Å²) in [5, 5.41) is 49.7. The molecule has 14 rings (SSSR count). The normalized spacial score (nSPS) is 16.2. The molecule has 0 N–H and O–H groups in total. The van der Waals surface area contributed by atoms with E-state index in [0.717, 1.165) is 89.9 Å². The molecular formula is C63H26N12O4S7. The molecule has 0 fully saturated rings. The molecule has 404 valence electrons. The van der Waals surface area contributed by atoms with E-state index in [1.807, 2.05) is 56.3 Å². The van der Waals surface area contributed by atoms with Gasteiger partial charge in [0.05, 0.1) is 93.9 Å². The molecule has 0 bridgehead atoms. The lowest BCUT2D eigenvalue weighted by atomic mass is 9.83. The van der Waals surface area contributed by atoms with Crippen LogP contribution in [0.1, 0.15) is 97.1 Å². The van der Waals surface area contributed by atoms with Crippen molar-refractivity contribution in [2.75, 3.05) is 7.11 Å². The Kier molecular flexibility index (Phi) is 12.1. The second-order valence-corrected chi connectivity index (χ2v) is 27.2. The monoisotopic (exact) mass is 1240 g/mol. The van der Waals surface area contributed by atoms with Gasteiger partial charge in [-0.15, -0.1) is 56.7 Å². The molecule has 8 heterocycles. The van der Waals surface area contributed by atoms with Crippen molar-refractivity contribution in [3.8, 4) is 92.0 Å². The topological polar surface area (TPSA) is 235 Å². The molecule has 16 nitrogen and oxygen atoms in total. The molecule has 0 radical (unpaired) electrons. The molecule has 0 saturated heterocycles. The number of aromatic nitrogens is 2. The summed E-state index contributed by atoms with van der Waals surface area (Å²) in [7, 11) is 1.58. The number of methoxy groups -OCH3 is 1. The third kappa shape index (κ3) is 7.56. The summed E-state index contributed by atoms with van der Waals surface area (Å²) in [5.41, 5.74) is 7.06. The van der Waals surface area contributed by atoms with E-state index in [9.17, 15) is 35.9 Å². The van der Waals surface area contributed by atoms with Gasteiger partial charge in [0.15, 0.2) is 11.6 Å². The van der Waals surface area contributed by atoms with Crippen LogP contribution < -0.4 is 9.47 Å². The second kappa shape index (κ2) is 19.3. The quantitative estimate of drug-likeness (QED) is 0.0862. The Morgan fingerprint density at radius 3 is 1.69 bits per heavy atom. The van der Waals surface area contributed by atoms with Crippen molar-refractivity contribution in [1.29, 1.82) is 26.3 Å². The molecule has 5 aliphatic rings. The van der Waals surface area contributed by atoms with Crippen molar-refractivity contribution in [2.24, 2.45) is 8.73 Å². The van der Waals surface area contributed by atoms with E-state index in [-0.39, 0.29) is 78.3 Å². The Labute approximate surface area is 516 Å². The summed E-state index contributed by atoms with van der Waals surface area (Å²) in [6.45, 7) is 31.4. The fourth-order valence-corrected chi connectivity index (χ4v) is 19.3. The van der Waals surface area contributed by atoms with Gasteiger partial charge in [-0.25, -0.2) is 19.8 Å². The molecule has 86 heavy (non-hydrogen) atoms. The molecule has 0 atom stereocenters. The van der Waals surface area contributed by atoms with E-state index in [4.69, 9.17) is 46.7 Å². The van der Waals surface area contributed by atoms with Gasteiger partial charge in [0.2, 0.25) is 11.4 Å². The zero-order valence-corrected chi connectivity index (χ0v) is 50.4. The van der Waals surface area contributed by atoms with Crippen LogP contribution in [0.4, 0.5) is 22.7 Å². The molecule has 9 aromatic rings. The molecule has 0 saturated carbocycles. The minimum atomic E-state index is -0.812. The second-order valence-electron chi connectivity index (χ2n) is 20.8. The summed E-state index contributed by atoms with van der Waals surface area (Å²) in [6, 6.07) is 25.4. The lowest BCUT2D eigenvalue weighted by molar-refractivity contribution is 0.103. The van der Waals surface area contributed by atoms with Crippen LogP contribution in [0.25, 0.3) is 99.0 Å². The number of hydrogen-bond donors (Lipinski definition) is 0. The Bertz CT molecular complexity index is 5370. The fraction of sp³-hybridized carbons (Fsp3) is 0.111. The lowest BCUT2D eigenvalue weighted by Crippen LogP contribution is -2.27. The number of fused-ring (bicyclic) bond motifs is 10. The highest BCUT2D eigenvalue weighted by atomic mass is 32.1. The fourth-order valence-electron chi connectivity index (χ4n) is 11.6. The van der Waals surface area contributed by atoms with Gasteiger partial charge in [-0.3, -0.25) is 9.59 Å². The molecular weight excluding hydrogens is 1210 g/mol. The van der Waals surface area contributed by atoms with Gasteiger partial charge in [-0.1, -0.05) is 13.8 Å². The van der Waals surface area contributed by atoms with Crippen molar-refractivity contribution < 1.29 is 19.1 Å². The van der Waals surface area contributed by atoms with Crippen molar-refractivity contribution in [2.45, 2.75) is 38.7 Å². The van der Waals surface area contributed by atoms with Crippen LogP contribution >= 0.6 is 68.4 Å². The average molecular weight is 1240 g/mol. The molecule has 23 heteroatoms. The van der Waals surface area contributed by atoms with Crippen LogP contribution in [0, 0.1) is 76.4 Å². The summed E-state index contributed by atoms with van der Waals surface area (Å²) >= 11 is 9.88. The summed E-state index contributed by atoms with van der Waals surface area (Å²) < 4.78 is 32.5. The third-order valence-electron chi connectivity index (χ3n) is 15.6. The standard InChI is InChI=1S/C63H26N12O4S7/c1-62(2)36-17-44(82-57(36)58-37(62)18-46(84-58)60-42(78-8)13-28(80-60)12-35-48(41(24-68)71-7)31-15-39(69-5)26(21-65)10-32(31)55(35)76)49-51-53(74-85-72-51)50(54-52(49)73-86-75-54)45-19-38-59(83-45)61-43(79-63(38,3)4)14-29(81-61)11-34-47(27(22-66)23-67)30-9-25(20-64)40(70-6)16-33(30)56(34)77/h9-19H,1-4,8H3/b34-11-,35-12-,48-41+. The number of carbonyl (C=O) groups excluding carboxylic acids is 2. The first-order valence-electron chi connectivity index (χ1n) is 25.4. The number of rotatable bonds is 6. The summed E-state index contributed by atoms with van der Waals surface area (Å²) in [4.78, 5) is 47.4. The highest BCUT2D eigenvalue weighted by molar-refractivity contribution is 7.58. The van der Waals surface area contributed by atoms with Gasteiger partial charge in [-0.2, -0.15) is 38.5 Å². The number of ether oxygens (including phenoxy) is 2. The van der Waals surface area contributed by atoms with Crippen LogP contribution in [0.3, 0.4) is 0 Å². The Morgan fingerprint density at radius 1 is 0.605 bits per heavy atom. The van der Waals surface area contributed by atoms with Crippen LogP contribution in [0.5, 0.6) is 11.5 Å². The summed E-state index contributed by atoms with van der Waals surface area (Å²) in [5.74, 6) is 0.231. The third-order valence-corrected chi connectivity index (χ3v) is 22.7. The van der Waals surface area contributed by atoms with Crippen molar-refractivity contribution >= 4 is 148 Å². The van der Waals surface area contributed by atoms with Gasteiger partial charge in [0.1, 0.15) is 57.2 Å².